The number of hydrogen-bond donors (Lipinski definition) is 2. The standard InChI is InChI=1S/C10H13N3O5/c14-8-2-1-6(11-12-8)9(15)13-3-4-18-5-7(13)10(16)17/h7H,1-5H2,(H,12,14)(H,16,17). The lowest BCUT2D eigenvalue weighted by Crippen LogP contribution is -2.55. The smallest absolute Gasteiger partial charge is 0.328 e. The summed E-state index contributed by atoms with van der Waals surface area (Å²) in [6.07, 6.45) is 0.418. The van der Waals surface area contributed by atoms with Crippen LogP contribution in [0.5, 0.6) is 0 Å². The van der Waals surface area contributed by atoms with Gasteiger partial charge in [-0.05, 0) is 0 Å². The van der Waals surface area contributed by atoms with Gasteiger partial charge < -0.3 is 14.7 Å². The Kier molecular flexibility index (Phi) is 3.56. The van der Waals surface area contributed by atoms with Crippen molar-refractivity contribution in [1.82, 2.24) is 10.3 Å². The molecule has 2 amide bonds. The number of carbonyl (C=O) groups excluding carboxylic acids is 2. The highest BCUT2D eigenvalue weighted by atomic mass is 16.5. The third-order valence-corrected chi connectivity index (χ3v) is 2.83. The van der Waals surface area contributed by atoms with Gasteiger partial charge in [0.25, 0.3) is 5.91 Å². The summed E-state index contributed by atoms with van der Waals surface area (Å²) in [5.74, 6) is -1.81. The van der Waals surface area contributed by atoms with Gasteiger partial charge in [0.1, 0.15) is 5.71 Å². The molecule has 0 aliphatic carbocycles. The van der Waals surface area contributed by atoms with Crippen LogP contribution in [0.1, 0.15) is 12.8 Å². The maximum Gasteiger partial charge on any atom is 0.328 e. The van der Waals surface area contributed by atoms with E-state index in [9.17, 15) is 14.4 Å². The van der Waals surface area contributed by atoms with Gasteiger partial charge in [-0.15, -0.1) is 0 Å². The van der Waals surface area contributed by atoms with E-state index in [0.29, 0.717) is 6.61 Å². The SMILES string of the molecule is O=C1CCC(C(=O)N2CCOCC2C(=O)O)=NN1. The first kappa shape index (κ1) is 12.5. The van der Waals surface area contributed by atoms with Gasteiger partial charge in [0.2, 0.25) is 5.91 Å². The fourth-order valence-electron chi connectivity index (χ4n) is 1.85. The average molecular weight is 255 g/mol. The Balaban J connectivity index is 2.11. The molecule has 2 N–H and O–H groups in total. The fraction of sp³-hybridized carbons (Fsp3) is 0.600. The molecule has 0 aromatic carbocycles. The second kappa shape index (κ2) is 5.13. The van der Waals surface area contributed by atoms with Crippen LogP contribution in [0.25, 0.3) is 0 Å². The van der Waals surface area contributed by atoms with Crippen LogP contribution in [0.2, 0.25) is 0 Å². The van der Waals surface area contributed by atoms with E-state index in [1.165, 1.54) is 4.90 Å². The molecule has 0 saturated carbocycles. The summed E-state index contributed by atoms with van der Waals surface area (Å²) in [5, 5.41) is 12.7. The van der Waals surface area contributed by atoms with E-state index in [0.717, 1.165) is 0 Å². The topological polar surface area (TPSA) is 108 Å². The predicted molar refractivity (Wildman–Crippen MR) is 58.8 cm³/mol. The second-order valence-corrected chi connectivity index (χ2v) is 4.02. The Hall–Kier alpha value is -1.96. The highest BCUT2D eigenvalue weighted by Gasteiger charge is 2.35. The van der Waals surface area contributed by atoms with Crippen molar-refractivity contribution in [3.63, 3.8) is 0 Å². The Morgan fingerprint density at radius 1 is 1.44 bits per heavy atom. The number of amides is 2. The fourth-order valence-corrected chi connectivity index (χ4v) is 1.85. The van der Waals surface area contributed by atoms with Crippen molar-refractivity contribution in [1.29, 1.82) is 0 Å². The van der Waals surface area contributed by atoms with Gasteiger partial charge in [-0.1, -0.05) is 0 Å². The molecule has 1 unspecified atom stereocenters. The second-order valence-electron chi connectivity index (χ2n) is 4.02. The number of nitrogens with zero attached hydrogens (tertiary/aromatic N) is 2. The Labute approximate surface area is 103 Å². The molecule has 8 heteroatoms. The molecule has 98 valence electrons. The normalized spacial score (nSPS) is 24.2. The van der Waals surface area contributed by atoms with Gasteiger partial charge >= 0.3 is 5.97 Å². The number of ether oxygens (including phenoxy) is 1. The van der Waals surface area contributed by atoms with Crippen LogP contribution in [0.15, 0.2) is 5.10 Å². The van der Waals surface area contributed by atoms with Crippen molar-refractivity contribution < 1.29 is 24.2 Å². The van der Waals surface area contributed by atoms with E-state index in [1.54, 1.807) is 0 Å². The van der Waals surface area contributed by atoms with Gasteiger partial charge in [0.15, 0.2) is 6.04 Å². The highest BCUT2D eigenvalue weighted by molar-refractivity contribution is 6.39. The van der Waals surface area contributed by atoms with Gasteiger partial charge in [0, 0.05) is 19.4 Å². The quantitative estimate of drug-likeness (QED) is 0.628. The lowest BCUT2D eigenvalue weighted by Gasteiger charge is -2.33. The largest absolute Gasteiger partial charge is 0.480 e. The molecule has 2 aliphatic heterocycles. The summed E-state index contributed by atoms with van der Waals surface area (Å²) in [7, 11) is 0. The van der Waals surface area contributed by atoms with E-state index < -0.39 is 17.9 Å². The zero-order valence-corrected chi connectivity index (χ0v) is 9.59. The number of rotatable bonds is 2. The zero-order chi connectivity index (χ0) is 13.1. The van der Waals surface area contributed by atoms with E-state index in [-0.39, 0.29) is 37.6 Å². The van der Waals surface area contributed by atoms with E-state index >= 15 is 0 Å². The van der Waals surface area contributed by atoms with Crippen molar-refractivity contribution in [3.05, 3.63) is 0 Å². The van der Waals surface area contributed by atoms with Crippen LogP contribution in [-0.2, 0) is 19.1 Å². The number of hydrogen-bond acceptors (Lipinski definition) is 5. The molecule has 2 aliphatic rings. The van der Waals surface area contributed by atoms with Crippen LogP contribution >= 0.6 is 0 Å². The first-order chi connectivity index (χ1) is 8.59. The molecule has 1 atom stereocenters. The van der Waals surface area contributed by atoms with Crippen LogP contribution in [0.3, 0.4) is 0 Å². The van der Waals surface area contributed by atoms with Crippen molar-refractivity contribution >= 4 is 23.5 Å². The minimum Gasteiger partial charge on any atom is -0.480 e. The van der Waals surface area contributed by atoms with Gasteiger partial charge in [-0.3, -0.25) is 9.59 Å². The summed E-state index contributed by atoms with van der Waals surface area (Å²) in [4.78, 5) is 35.3. The Morgan fingerprint density at radius 2 is 2.22 bits per heavy atom. The Bertz CT molecular complexity index is 420. The minimum atomic E-state index is -1.11. The number of carbonyl (C=O) groups is 3. The lowest BCUT2D eigenvalue weighted by atomic mass is 10.1. The molecule has 18 heavy (non-hydrogen) atoms. The summed E-state index contributed by atoms with van der Waals surface area (Å²) >= 11 is 0. The molecule has 0 aromatic heterocycles. The van der Waals surface area contributed by atoms with Crippen LogP contribution in [-0.4, -0.2) is 59.3 Å². The number of aliphatic carboxylic acids is 1. The minimum absolute atomic E-state index is 0.0271. The van der Waals surface area contributed by atoms with E-state index in [1.807, 2.05) is 0 Å². The zero-order valence-electron chi connectivity index (χ0n) is 9.59. The number of carboxylic acid groups (broad SMARTS) is 1. The highest BCUT2D eigenvalue weighted by Crippen LogP contribution is 2.11. The van der Waals surface area contributed by atoms with Crippen LogP contribution in [0, 0.1) is 0 Å². The molecule has 8 nitrogen and oxygen atoms in total. The van der Waals surface area contributed by atoms with Crippen molar-refractivity contribution in [2.45, 2.75) is 18.9 Å². The number of hydrazone groups is 1. The maximum absolute atomic E-state index is 12.1. The molecular formula is C10H13N3O5. The van der Waals surface area contributed by atoms with Gasteiger partial charge in [0.05, 0.1) is 13.2 Å². The lowest BCUT2D eigenvalue weighted by molar-refractivity contribution is -0.155. The summed E-state index contributed by atoms with van der Waals surface area (Å²) < 4.78 is 5.04. The first-order valence-electron chi connectivity index (χ1n) is 5.56. The first-order valence-corrected chi connectivity index (χ1v) is 5.56. The molecule has 0 spiro atoms. The number of nitrogens with one attached hydrogen (secondary N) is 1. The third kappa shape index (κ3) is 2.48. The Morgan fingerprint density at radius 3 is 2.83 bits per heavy atom. The summed E-state index contributed by atoms with van der Waals surface area (Å²) in [6.45, 7) is 0.485. The van der Waals surface area contributed by atoms with E-state index in [4.69, 9.17) is 9.84 Å². The van der Waals surface area contributed by atoms with Gasteiger partial charge in [-0.2, -0.15) is 5.10 Å². The molecule has 2 heterocycles. The molecule has 2 rings (SSSR count). The van der Waals surface area contributed by atoms with Crippen LogP contribution < -0.4 is 5.43 Å². The predicted octanol–water partition coefficient (Wildman–Crippen LogP) is -1.44. The summed E-state index contributed by atoms with van der Waals surface area (Å²) in [5.41, 5.74) is 2.40. The van der Waals surface area contributed by atoms with Crippen LogP contribution in [0.4, 0.5) is 0 Å². The monoisotopic (exact) mass is 255 g/mol. The van der Waals surface area contributed by atoms with Crippen molar-refractivity contribution in [2.75, 3.05) is 19.8 Å². The van der Waals surface area contributed by atoms with Gasteiger partial charge in [-0.25, -0.2) is 10.2 Å². The van der Waals surface area contributed by atoms with Crippen molar-refractivity contribution in [3.8, 4) is 0 Å². The average Bonchev–Trinajstić information content (AvgIpc) is 2.39. The van der Waals surface area contributed by atoms with Crippen molar-refractivity contribution in [2.24, 2.45) is 5.10 Å². The molecule has 1 fully saturated rings. The van der Waals surface area contributed by atoms with E-state index in [2.05, 4.69) is 10.5 Å². The summed E-state index contributed by atoms with van der Waals surface area (Å²) in [6, 6.07) is -0.994. The third-order valence-electron chi connectivity index (χ3n) is 2.83. The molecule has 0 bridgehead atoms. The molecular weight excluding hydrogens is 242 g/mol. The molecule has 0 aromatic rings. The molecule has 0 radical (unpaired) electrons. The molecule has 1 saturated heterocycles. The number of morpholine rings is 1. The maximum atomic E-state index is 12.1. The number of carboxylic acids is 1.